The molecule has 0 amide bonds. The minimum Gasteiger partial charge on any atom is -0.481 e. The summed E-state index contributed by atoms with van der Waals surface area (Å²) in [5, 5.41) is 12.8. The number of anilines is 1. The van der Waals surface area contributed by atoms with Crippen molar-refractivity contribution < 1.29 is 9.90 Å². The third kappa shape index (κ3) is 2.33. The van der Waals surface area contributed by atoms with Crippen molar-refractivity contribution in [3.8, 4) is 0 Å². The van der Waals surface area contributed by atoms with Gasteiger partial charge in [0.15, 0.2) is 0 Å². The van der Waals surface area contributed by atoms with Crippen molar-refractivity contribution in [3.63, 3.8) is 0 Å². The van der Waals surface area contributed by atoms with Crippen LogP contribution in [-0.4, -0.2) is 17.1 Å². The Morgan fingerprint density at radius 1 is 1.50 bits per heavy atom. The zero-order valence-corrected chi connectivity index (χ0v) is 10.8. The van der Waals surface area contributed by atoms with Gasteiger partial charge in [0.2, 0.25) is 0 Å². The van der Waals surface area contributed by atoms with Crippen molar-refractivity contribution in [2.24, 2.45) is 5.92 Å². The Bertz CT molecular complexity index is 424. The molecule has 0 saturated heterocycles. The van der Waals surface area contributed by atoms with Gasteiger partial charge in [0.05, 0.1) is 11.6 Å². The van der Waals surface area contributed by atoms with Crippen molar-refractivity contribution in [1.82, 2.24) is 0 Å². The first-order valence-corrected chi connectivity index (χ1v) is 6.19. The highest BCUT2D eigenvalue weighted by Gasteiger charge is 2.36. The summed E-state index contributed by atoms with van der Waals surface area (Å²) in [7, 11) is 0. The van der Waals surface area contributed by atoms with Crippen LogP contribution in [0, 0.1) is 5.92 Å². The maximum atomic E-state index is 10.9. The van der Waals surface area contributed by atoms with Gasteiger partial charge in [-0.05, 0) is 47.0 Å². The van der Waals surface area contributed by atoms with Gasteiger partial charge in [-0.1, -0.05) is 11.6 Å². The van der Waals surface area contributed by atoms with E-state index in [0.29, 0.717) is 5.02 Å². The molecule has 3 nitrogen and oxygen atoms in total. The molecule has 86 valence electrons. The van der Waals surface area contributed by atoms with Gasteiger partial charge < -0.3 is 10.4 Å². The second kappa shape index (κ2) is 4.63. The summed E-state index contributed by atoms with van der Waals surface area (Å²) in [5.41, 5.74) is 0.850. The van der Waals surface area contributed by atoms with E-state index >= 15 is 0 Å². The van der Waals surface area contributed by atoms with Gasteiger partial charge in [-0.15, -0.1) is 0 Å². The predicted octanol–water partition coefficient (Wildman–Crippen LogP) is 3.38. The smallest absolute Gasteiger partial charge is 0.308 e. The average Bonchev–Trinajstić information content (AvgIpc) is 2.16. The van der Waals surface area contributed by atoms with E-state index in [1.807, 2.05) is 6.07 Å². The molecule has 1 aromatic carbocycles. The molecule has 2 unspecified atom stereocenters. The first kappa shape index (κ1) is 11.7. The molecule has 0 heterocycles. The fourth-order valence-electron chi connectivity index (χ4n) is 1.78. The van der Waals surface area contributed by atoms with Gasteiger partial charge in [-0.3, -0.25) is 4.79 Å². The number of benzene rings is 1. The van der Waals surface area contributed by atoms with Crippen LogP contribution < -0.4 is 5.32 Å². The summed E-state index contributed by atoms with van der Waals surface area (Å²) in [6, 6.07) is 5.43. The molecule has 0 bridgehead atoms. The van der Waals surface area contributed by atoms with E-state index in [1.165, 1.54) is 0 Å². The van der Waals surface area contributed by atoms with E-state index in [4.69, 9.17) is 16.7 Å². The van der Waals surface area contributed by atoms with Crippen molar-refractivity contribution >= 4 is 39.2 Å². The van der Waals surface area contributed by atoms with Gasteiger partial charge in [-0.2, -0.15) is 0 Å². The van der Waals surface area contributed by atoms with Gasteiger partial charge in [-0.25, -0.2) is 0 Å². The second-order valence-electron chi connectivity index (χ2n) is 3.90. The van der Waals surface area contributed by atoms with Crippen LogP contribution in [0.5, 0.6) is 0 Å². The van der Waals surface area contributed by atoms with Gasteiger partial charge in [0, 0.05) is 15.5 Å². The third-order valence-corrected chi connectivity index (χ3v) is 3.79. The zero-order chi connectivity index (χ0) is 11.7. The number of halogens is 2. The van der Waals surface area contributed by atoms with Crippen molar-refractivity contribution in [2.75, 3.05) is 5.32 Å². The number of aliphatic carboxylic acids is 1. The van der Waals surface area contributed by atoms with Gasteiger partial charge >= 0.3 is 5.97 Å². The molecule has 2 atom stereocenters. The number of carbonyl (C=O) groups is 1. The first-order valence-electron chi connectivity index (χ1n) is 5.02. The minimum absolute atomic E-state index is 0.00673. The number of carboxylic acid groups (broad SMARTS) is 1. The Balaban J connectivity index is 2.09. The number of hydrogen-bond acceptors (Lipinski definition) is 2. The lowest BCUT2D eigenvalue weighted by Gasteiger charge is -2.35. The fraction of sp³-hybridized carbons (Fsp3) is 0.364. The molecule has 5 heteroatoms. The van der Waals surface area contributed by atoms with Crippen LogP contribution in [0.15, 0.2) is 22.7 Å². The molecular formula is C11H11BrClNO2. The third-order valence-electron chi connectivity index (χ3n) is 2.86. The molecule has 1 aliphatic rings. The summed E-state index contributed by atoms with van der Waals surface area (Å²) < 4.78 is 0.896. The predicted molar refractivity (Wildman–Crippen MR) is 66.9 cm³/mol. The number of carboxylic acids is 1. The lowest BCUT2D eigenvalue weighted by atomic mass is 9.79. The fourth-order valence-corrected chi connectivity index (χ4v) is 2.31. The highest BCUT2D eigenvalue weighted by atomic mass is 79.9. The second-order valence-corrected chi connectivity index (χ2v) is 5.19. The summed E-state index contributed by atoms with van der Waals surface area (Å²) in [5.74, 6) is -1.02. The average molecular weight is 305 g/mol. The van der Waals surface area contributed by atoms with Crippen LogP contribution in [0.25, 0.3) is 0 Å². The molecular weight excluding hydrogens is 293 g/mol. The quantitative estimate of drug-likeness (QED) is 0.900. The summed E-state index contributed by atoms with van der Waals surface area (Å²) >= 11 is 9.28. The standard InChI is InChI=1S/C11H11BrClNO2/c12-8-3-1-6(13)5-10(8)14-9-4-2-7(9)11(15)16/h1,3,5,7,9,14H,2,4H2,(H,15,16). The highest BCUT2D eigenvalue weighted by Crippen LogP contribution is 2.34. The van der Waals surface area contributed by atoms with Crippen LogP contribution >= 0.6 is 27.5 Å². The maximum absolute atomic E-state index is 10.9. The Labute approximate surface area is 107 Å². The normalized spacial score (nSPS) is 23.6. The van der Waals surface area contributed by atoms with E-state index in [-0.39, 0.29) is 12.0 Å². The monoisotopic (exact) mass is 303 g/mol. The van der Waals surface area contributed by atoms with E-state index in [1.54, 1.807) is 12.1 Å². The topological polar surface area (TPSA) is 49.3 Å². The Hall–Kier alpha value is -0.740. The van der Waals surface area contributed by atoms with Crippen LogP contribution in [0.4, 0.5) is 5.69 Å². The number of hydrogen-bond donors (Lipinski definition) is 2. The molecule has 1 fully saturated rings. The van der Waals surface area contributed by atoms with Crippen molar-refractivity contribution in [3.05, 3.63) is 27.7 Å². The summed E-state index contributed by atoms with van der Waals surface area (Å²) in [6.07, 6.45) is 1.63. The molecule has 0 aliphatic heterocycles. The van der Waals surface area contributed by atoms with Crippen LogP contribution in [0.1, 0.15) is 12.8 Å². The van der Waals surface area contributed by atoms with E-state index in [0.717, 1.165) is 23.0 Å². The van der Waals surface area contributed by atoms with Gasteiger partial charge in [0.25, 0.3) is 0 Å². The molecule has 2 N–H and O–H groups in total. The SMILES string of the molecule is O=C(O)C1CCC1Nc1cc(Cl)ccc1Br. The molecule has 0 aromatic heterocycles. The van der Waals surface area contributed by atoms with Crippen LogP contribution in [0.2, 0.25) is 5.02 Å². The summed E-state index contributed by atoms with van der Waals surface area (Å²) in [6.45, 7) is 0. The van der Waals surface area contributed by atoms with E-state index < -0.39 is 5.97 Å². The van der Waals surface area contributed by atoms with E-state index in [9.17, 15) is 4.79 Å². The summed E-state index contributed by atoms with van der Waals surface area (Å²) in [4.78, 5) is 10.9. The molecule has 2 rings (SSSR count). The first-order chi connectivity index (χ1) is 7.58. The largest absolute Gasteiger partial charge is 0.481 e. The minimum atomic E-state index is -0.734. The van der Waals surface area contributed by atoms with Crippen molar-refractivity contribution in [1.29, 1.82) is 0 Å². The Morgan fingerprint density at radius 2 is 2.25 bits per heavy atom. The number of rotatable bonds is 3. The molecule has 1 aliphatic carbocycles. The lowest BCUT2D eigenvalue weighted by molar-refractivity contribution is -0.144. The molecule has 16 heavy (non-hydrogen) atoms. The van der Waals surface area contributed by atoms with Crippen LogP contribution in [-0.2, 0) is 4.79 Å². The zero-order valence-electron chi connectivity index (χ0n) is 8.41. The van der Waals surface area contributed by atoms with Crippen LogP contribution in [0.3, 0.4) is 0 Å². The Morgan fingerprint density at radius 3 is 2.81 bits per heavy atom. The lowest BCUT2D eigenvalue weighted by Crippen LogP contribution is -2.43. The van der Waals surface area contributed by atoms with Gasteiger partial charge in [0.1, 0.15) is 0 Å². The maximum Gasteiger partial charge on any atom is 0.308 e. The molecule has 0 radical (unpaired) electrons. The molecule has 1 saturated carbocycles. The van der Waals surface area contributed by atoms with E-state index in [2.05, 4.69) is 21.2 Å². The molecule has 0 spiro atoms. The number of nitrogens with one attached hydrogen (secondary N) is 1. The Kier molecular flexibility index (Phi) is 3.40. The van der Waals surface area contributed by atoms with Crippen molar-refractivity contribution in [2.45, 2.75) is 18.9 Å². The molecule has 1 aromatic rings. The highest BCUT2D eigenvalue weighted by molar-refractivity contribution is 9.10.